The first-order valence-corrected chi connectivity index (χ1v) is 4.53. The Labute approximate surface area is 83.2 Å². The lowest BCUT2D eigenvalue weighted by molar-refractivity contribution is -0.128. The van der Waals surface area contributed by atoms with Crippen molar-refractivity contribution in [2.75, 3.05) is 6.54 Å². The van der Waals surface area contributed by atoms with Crippen LogP contribution in [0.1, 0.15) is 27.2 Å². The molecule has 0 fully saturated rings. The van der Waals surface area contributed by atoms with Crippen molar-refractivity contribution >= 4 is 17.6 Å². The van der Waals surface area contributed by atoms with Crippen LogP contribution in [0.15, 0.2) is 0 Å². The first kappa shape index (κ1) is 12.6. The standard InChI is InChI=1S/C9H16N2O3/c1-4-8(13)10-5-9(14)11-6(2)7(3)12/h6H,4-5H2,1-3H3,(H,10,13)(H,11,14). The lowest BCUT2D eigenvalue weighted by Crippen LogP contribution is -2.43. The topological polar surface area (TPSA) is 75.3 Å². The van der Waals surface area contributed by atoms with Crippen LogP contribution < -0.4 is 10.6 Å². The lowest BCUT2D eigenvalue weighted by atomic mass is 10.2. The molecule has 0 aromatic rings. The number of carbonyl (C=O) groups is 3. The van der Waals surface area contributed by atoms with Gasteiger partial charge in [-0.05, 0) is 13.8 Å². The number of hydrogen-bond acceptors (Lipinski definition) is 3. The Kier molecular flexibility index (Phi) is 5.52. The van der Waals surface area contributed by atoms with Gasteiger partial charge >= 0.3 is 0 Å². The number of rotatable bonds is 5. The van der Waals surface area contributed by atoms with Gasteiger partial charge in [0.15, 0.2) is 5.78 Å². The number of carbonyl (C=O) groups excluding carboxylic acids is 3. The van der Waals surface area contributed by atoms with Gasteiger partial charge in [-0.2, -0.15) is 0 Å². The highest BCUT2D eigenvalue weighted by Crippen LogP contribution is 1.83. The van der Waals surface area contributed by atoms with E-state index in [-0.39, 0.29) is 24.1 Å². The lowest BCUT2D eigenvalue weighted by Gasteiger charge is -2.10. The molecule has 0 radical (unpaired) electrons. The summed E-state index contributed by atoms with van der Waals surface area (Å²) < 4.78 is 0. The fourth-order valence-electron chi connectivity index (χ4n) is 0.698. The fraction of sp³-hybridized carbons (Fsp3) is 0.667. The van der Waals surface area contributed by atoms with E-state index in [9.17, 15) is 14.4 Å². The van der Waals surface area contributed by atoms with Crippen molar-refractivity contribution in [2.45, 2.75) is 33.2 Å². The smallest absolute Gasteiger partial charge is 0.239 e. The molecule has 0 bridgehead atoms. The highest BCUT2D eigenvalue weighted by Gasteiger charge is 2.11. The molecule has 0 aromatic heterocycles. The van der Waals surface area contributed by atoms with Gasteiger partial charge in [-0.3, -0.25) is 14.4 Å². The average molecular weight is 200 g/mol. The molecule has 0 rings (SSSR count). The Morgan fingerprint density at radius 3 is 2.21 bits per heavy atom. The van der Waals surface area contributed by atoms with Gasteiger partial charge in [0.05, 0.1) is 12.6 Å². The molecule has 0 aliphatic carbocycles. The van der Waals surface area contributed by atoms with Crippen LogP contribution in [0.3, 0.4) is 0 Å². The molecule has 0 saturated heterocycles. The molecular weight excluding hydrogens is 184 g/mol. The van der Waals surface area contributed by atoms with Gasteiger partial charge < -0.3 is 10.6 Å². The quantitative estimate of drug-likeness (QED) is 0.634. The van der Waals surface area contributed by atoms with Crippen LogP contribution in [0, 0.1) is 0 Å². The van der Waals surface area contributed by atoms with Gasteiger partial charge in [-0.25, -0.2) is 0 Å². The van der Waals surface area contributed by atoms with E-state index in [1.165, 1.54) is 6.92 Å². The third-order valence-electron chi connectivity index (χ3n) is 1.75. The zero-order valence-corrected chi connectivity index (χ0v) is 8.72. The number of ketones is 1. The summed E-state index contributed by atoms with van der Waals surface area (Å²) in [4.78, 5) is 32.6. The Bertz CT molecular complexity index is 238. The van der Waals surface area contributed by atoms with Crippen molar-refractivity contribution < 1.29 is 14.4 Å². The second kappa shape index (κ2) is 6.12. The van der Waals surface area contributed by atoms with Crippen LogP contribution in [-0.4, -0.2) is 30.2 Å². The van der Waals surface area contributed by atoms with Crippen molar-refractivity contribution in [3.63, 3.8) is 0 Å². The van der Waals surface area contributed by atoms with E-state index in [0.29, 0.717) is 6.42 Å². The minimum atomic E-state index is -0.499. The zero-order chi connectivity index (χ0) is 11.1. The molecule has 1 atom stereocenters. The summed E-state index contributed by atoms with van der Waals surface area (Å²) in [5.41, 5.74) is 0. The third-order valence-corrected chi connectivity index (χ3v) is 1.75. The van der Waals surface area contributed by atoms with Crippen molar-refractivity contribution in [3.8, 4) is 0 Å². The molecule has 0 saturated carbocycles. The fourth-order valence-corrected chi connectivity index (χ4v) is 0.698. The molecule has 5 nitrogen and oxygen atoms in total. The largest absolute Gasteiger partial charge is 0.347 e. The zero-order valence-electron chi connectivity index (χ0n) is 8.72. The minimum Gasteiger partial charge on any atom is -0.347 e. The van der Waals surface area contributed by atoms with E-state index in [4.69, 9.17) is 0 Å². The SMILES string of the molecule is CCC(=O)NCC(=O)NC(C)C(C)=O. The van der Waals surface area contributed by atoms with Crippen molar-refractivity contribution in [1.82, 2.24) is 10.6 Å². The summed E-state index contributed by atoms with van der Waals surface area (Å²) in [5, 5.41) is 4.87. The molecule has 0 heterocycles. The van der Waals surface area contributed by atoms with E-state index in [1.807, 2.05) is 0 Å². The van der Waals surface area contributed by atoms with Crippen LogP contribution in [0.5, 0.6) is 0 Å². The monoisotopic (exact) mass is 200 g/mol. The second-order valence-corrected chi connectivity index (χ2v) is 3.03. The molecule has 0 aliphatic rings. The first-order chi connectivity index (χ1) is 6.47. The molecule has 0 aromatic carbocycles. The predicted octanol–water partition coefficient (Wildman–Crippen LogP) is -0.394. The summed E-state index contributed by atoms with van der Waals surface area (Å²) in [5.74, 6) is -0.648. The van der Waals surface area contributed by atoms with Crippen LogP contribution in [-0.2, 0) is 14.4 Å². The molecule has 14 heavy (non-hydrogen) atoms. The predicted molar refractivity (Wildman–Crippen MR) is 51.6 cm³/mol. The number of amides is 2. The summed E-state index contributed by atoms with van der Waals surface area (Å²) >= 11 is 0. The number of nitrogens with one attached hydrogen (secondary N) is 2. The maximum Gasteiger partial charge on any atom is 0.239 e. The minimum absolute atomic E-state index is 0.0791. The Morgan fingerprint density at radius 1 is 1.21 bits per heavy atom. The Balaban J connectivity index is 3.76. The van der Waals surface area contributed by atoms with Crippen molar-refractivity contribution in [1.29, 1.82) is 0 Å². The average Bonchev–Trinajstić information content (AvgIpc) is 2.13. The van der Waals surface area contributed by atoms with Crippen LogP contribution in [0.2, 0.25) is 0 Å². The van der Waals surface area contributed by atoms with E-state index in [1.54, 1.807) is 13.8 Å². The maximum absolute atomic E-state index is 11.1. The summed E-state index contributed by atoms with van der Waals surface area (Å²) in [7, 11) is 0. The summed E-state index contributed by atoms with van der Waals surface area (Å²) in [6.45, 7) is 4.62. The summed E-state index contributed by atoms with van der Waals surface area (Å²) in [6.07, 6.45) is 0.343. The molecule has 1 unspecified atom stereocenters. The van der Waals surface area contributed by atoms with Crippen LogP contribution >= 0.6 is 0 Å². The van der Waals surface area contributed by atoms with Crippen LogP contribution in [0.25, 0.3) is 0 Å². The number of hydrogen-bond donors (Lipinski definition) is 2. The van der Waals surface area contributed by atoms with E-state index < -0.39 is 6.04 Å². The highest BCUT2D eigenvalue weighted by atomic mass is 16.2. The van der Waals surface area contributed by atoms with Gasteiger partial charge in [0.2, 0.25) is 11.8 Å². The second-order valence-electron chi connectivity index (χ2n) is 3.03. The molecule has 5 heteroatoms. The van der Waals surface area contributed by atoms with Crippen LogP contribution in [0.4, 0.5) is 0 Å². The van der Waals surface area contributed by atoms with E-state index in [2.05, 4.69) is 10.6 Å². The molecule has 2 N–H and O–H groups in total. The molecular formula is C9H16N2O3. The van der Waals surface area contributed by atoms with E-state index >= 15 is 0 Å². The van der Waals surface area contributed by atoms with Gasteiger partial charge in [0.25, 0.3) is 0 Å². The van der Waals surface area contributed by atoms with Gasteiger partial charge in [-0.1, -0.05) is 6.92 Å². The van der Waals surface area contributed by atoms with Crippen molar-refractivity contribution in [3.05, 3.63) is 0 Å². The maximum atomic E-state index is 11.1. The molecule has 0 aliphatic heterocycles. The molecule has 2 amide bonds. The number of Topliss-reactive ketones (excluding diaryl/α,β-unsaturated/α-hetero) is 1. The van der Waals surface area contributed by atoms with Gasteiger partial charge in [0.1, 0.15) is 0 Å². The highest BCUT2D eigenvalue weighted by molar-refractivity contribution is 5.89. The summed E-state index contributed by atoms with van der Waals surface area (Å²) in [6, 6.07) is -0.499. The third kappa shape index (κ3) is 5.29. The van der Waals surface area contributed by atoms with Crippen molar-refractivity contribution in [2.24, 2.45) is 0 Å². The first-order valence-electron chi connectivity index (χ1n) is 4.53. The van der Waals surface area contributed by atoms with Gasteiger partial charge in [-0.15, -0.1) is 0 Å². The molecule has 0 spiro atoms. The Morgan fingerprint density at radius 2 is 1.79 bits per heavy atom. The molecule has 80 valence electrons. The normalized spacial score (nSPS) is 11.6. The Hall–Kier alpha value is -1.39. The van der Waals surface area contributed by atoms with Gasteiger partial charge in [0, 0.05) is 6.42 Å². The van der Waals surface area contributed by atoms with E-state index in [0.717, 1.165) is 0 Å².